The van der Waals surface area contributed by atoms with Gasteiger partial charge in [-0.15, -0.1) is 24.0 Å². The molecule has 1 aliphatic heterocycles. The van der Waals surface area contributed by atoms with Gasteiger partial charge in [0, 0.05) is 51.0 Å². The summed E-state index contributed by atoms with van der Waals surface area (Å²) < 4.78 is 5.60. The van der Waals surface area contributed by atoms with Gasteiger partial charge in [0.1, 0.15) is 0 Å². The molecule has 2 unspecified atom stereocenters. The average Bonchev–Trinajstić information content (AvgIpc) is 3.05. The van der Waals surface area contributed by atoms with Crippen molar-refractivity contribution in [1.82, 2.24) is 20.5 Å². The van der Waals surface area contributed by atoms with Gasteiger partial charge in [-0.25, -0.2) is 4.98 Å². The van der Waals surface area contributed by atoms with E-state index in [1.807, 2.05) is 39.2 Å². The monoisotopic (exact) mass is 523 g/mol. The molecule has 1 aliphatic rings. The van der Waals surface area contributed by atoms with E-state index in [-0.39, 0.29) is 30.1 Å². The summed E-state index contributed by atoms with van der Waals surface area (Å²) in [4.78, 5) is 11.3. The summed E-state index contributed by atoms with van der Waals surface area (Å²) in [5.74, 6) is 1.48. The molecule has 0 spiro atoms. The molecule has 1 saturated heterocycles. The summed E-state index contributed by atoms with van der Waals surface area (Å²) in [6.07, 6.45) is 3.08. The van der Waals surface area contributed by atoms with Crippen molar-refractivity contribution in [1.29, 1.82) is 0 Å². The molecule has 1 aromatic carbocycles. The van der Waals surface area contributed by atoms with Crippen LogP contribution in [0.25, 0.3) is 0 Å². The van der Waals surface area contributed by atoms with Gasteiger partial charge >= 0.3 is 0 Å². The van der Waals surface area contributed by atoms with Gasteiger partial charge in [-0.3, -0.25) is 9.89 Å². The van der Waals surface area contributed by atoms with E-state index in [2.05, 4.69) is 62.8 Å². The van der Waals surface area contributed by atoms with Gasteiger partial charge in [-0.1, -0.05) is 36.4 Å². The summed E-state index contributed by atoms with van der Waals surface area (Å²) >= 11 is 0. The Labute approximate surface area is 197 Å². The van der Waals surface area contributed by atoms with Gasteiger partial charge in [0.15, 0.2) is 5.96 Å². The molecule has 30 heavy (non-hydrogen) atoms. The maximum atomic E-state index is 5.60. The van der Waals surface area contributed by atoms with E-state index < -0.39 is 0 Å². The number of guanidine groups is 1. The molecular weight excluding hydrogens is 489 g/mol. The Kier molecular flexibility index (Phi) is 9.84. The fourth-order valence-corrected chi connectivity index (χ4v) is 3.64. The van der Waals surface area contributed by atoms with Crippen molar-refractivity contribution in [3.8, 4) is 5.88 Å². The maximum Gasteiger partial charge on any atom is 0.213 e. The number of benzene rings is 1. The predicted octanol–water partition coefficient (Wildman–Crippen LogP) is 3.81. The lowest BCUT2D eigenvalue weighted by atomic mass is 10.2. The lowest BCUT2D eigenvalue weighted by molar-refractivity contribution is 0.232. The number of likely N-dealkylation sites (tertiary alicyclic amines) is 1. The van der Waals surface area contributed by atoms with Crippen molar-refractivity contribution >= 4 is 29.9 Å². The number of nitrogens with one attached hydrogen (secondary N) is 2. The minimum atomic E-state index is 0. The minimum absolute atomic E-state index is 0. The van der Waals surface area contributed by atoms with Crippen molar-refractivity contribution in [2.24, 2.45) is 4.99 Å². The second kappa shape index (κ2) is 12.1. The Morgan fingerprint density at radius 3 is 2.60 bits per heavy atom. The topological polar surface area (TPSA) is 61.8 Å². The van der Waals surface area contributed by atoms with Gasteiger partial charge < -0.3 is 15.4 Å². The highest BCUT2D eigenvalue weighted by molar-refractivity contribution is 14.0. The van der Waals surface area contributed by atoms with Crippen LogP contribution < -0.4 is 15.4 Å². The molecule has 2 atom stereocenters. The van der Waals surface area contributed by atoms with Gasteiger partial charge in [0.05, 0.1) is 6.10 Å². The molecule has 7 heteroatoms. The zero-order chi connectivity index (χ0) is 20.6. The molecule has 164 valence electrons. The number of aromatic nitrogens is 1. The lowest BCUT2D eigenvalue weighted by Crippen LogP contribution is -2.44. The summed E-state index contributed by atoms with van der Waals surface area (Å²) in [5, 5.41) is 6.96. The standard InChI is InChI=1S/C23H33N5O.HI/c1-17(2)29-22-11-10-20(13-25-22)14-26-23(24-4)27-21-12-18(3)28(16-21)15-19-8-6-5-7-9-19;/h5-11,13,17-18,21H,12,14-16H2,1-4H3,(H2,24,26,27);1H. The summed E-state index contributed by atoms with van der Waals surface area (Å²) in [6, 6.07) is 15.5. The summed E-state index contributed by atoms with van der Waals surface area (Å²) in [6.45, 7) is 8.97. The highest BCUT2D eigenvalue weighted by Gasteiger charge is 2.29. The minimum Gasteiger partial charge on any atom is -0.475 e. The largest absolute Gasteiger partial charge is 0.475 e. The molecule has 0 aliphatic carbocycles. The molecule has 1 aromatic heterocycles. The fraction of sp³-hybridized carbons (Fsp3) is 0.478. The van der Waals surface area contributed by atoms with Crippen molar-refractivity contribution in [2.45, 2.75) is 58.5 Å². The smallest absolute Gasteiger partial charge is 0.213 e. The number of hydrogen-bond donors (Lipinski definition) is 2. The van der Waals surface area contributed by atoms with Crippen LogP contribution in [-0.2, 0) is 13.1 Å². The van der Waals surface area contributed by atoms with E-state index in [1.165, 1.54) is 5.56 Å². The normalized spacial score (nSPS) is 19.4. The number of hydrogen-bond acceptors (Lipinski definition) is 4. The Morgan fingerprint density at radius 2 is 1.97 bits per heavy atom. The highest BCUT2D eigenvalue weighted by Crippen LogP contribution is 2.20. The summed E-state index contributed by atoms with van der Waals surface area (Å²) in [5.41, 5.74) is 2.45. The van der Waals surface area contributed by atoms with Crippen LogP contribution in [0, 0.1) is 0 Å². The van der Waals surface area contributed by atoms with Crippen LogP contribution in [0.3, 0.4) is 0 Å². The third-order valence-electron chi connectivity index (χ3n) is 5.11. The fourth-order valence-electron chi connectivity index (χ4n) is 3.64. The second-order valence-electron chi connectivity index (χ2n) is 7.94. The molecule has 0 saturated carbocycles. The van der Waals surface area contributed by atoms with Crippen LogP contribution in [-0.4, -0.2) is 47.6 Å². The number of ether oxygens (including phenoxy) is 1. The van der Waals surface area contributed by atoms with Crippen LogP contribution in [0.15, 0.2) is 53.7 Å². The van der Waals surface area contributed by atoms with Gasteiger partial charge in [-0.05, 0) is 38.3 Å². The Bertz CT molecular complexity index is 782. The van der Waals surface area contributed by atoms with Crippen molar-refractivity contribution < 1.29 is 4.74 Å². The number of pyridine rings is 1. The number of halogens is 1. The highest BCUT2D eigenvalue weighted by atomic mass is 127. The molecule has 2 heterocycles. The maximum absolute atomic E-state index is 5.60. The molecule has 3 rings (SSSR count). The molecule has 0 radical (unpaired) electrons. The van der Waals surface area contributed by atoms with Crippen LogP contribution in [0.1, 0.15) is 38.3 Å². The van der Waals surface area contributed by atoms with Crippen LogP contribution in [0.5, 0.6) is 5.88 Å². The predicted molar refractivity (Wildman–Crippen MR) is 133 cm³/mol. The molecule has 2 N–H and O–H groups in total. The zero-order valence-electron chi connectivity index (χ0n) is 18.3. The molecule has 0 bridgehead atoms. The summed E-state index contributed by atoms with van der Waals surface area (Å²) in [7, 11) is 1.81. The third kappa shape index (κ3) is 7.43. The first-order valence-electron chi connectivity index (χ1n) is 10.4. The molecule has 1 fully saturated rings. The van der Waals surface area contributed by atoms with E-state index in [0.29, 0.717) is 24.5 Å². The number of rotatable bonds is 7. The average molecular weight is 523 g/mol. The van der Waals surface area contributed by atoms with Crippen LogP contribution >= 0.6 is 24.0 Å². The lowest BCUT2D eigenvalue weighted by Gasteiger charge is -2.21. The van der Waals surface area contributed by atoms with E-state index in [1.54, 1.807) is 0 Å². The van der Waals surface area contributed by atoms with Crippen molar-refractivity contribution in [3.63, 3.8) is 0 Å². The first-order valence-corrected chi connectivity index (χ1v) is 10.4. The Hall–Kier alpha value is -1.87. The molecular formula is C23H34IN5O. The molecule has 6 nitrogen and oxygen atoms in total. The first kappa shape index (κ1) is 24.4. The second-order valence-corrected chi connectivity index (χ2v) is 7.94. The van der Waals surface area contributed by atoms with Gasteiger partial charge in [0.2, 0.25) is 5.88 Å². The van der Waals surface area contributed by atoms with E-state index in [9.17, 15) is 0 Å². The van der Waals surface area contributed by atoms with Gasteiger partial charge in [0.25, 0.3) is 0 Å². The zero-order valence-corrected chi connectivity index (χ0v) is 20.7. The molecule has 0 amide bonds. The van der Waals surface area contributed by atoms with E-state index >= 15 is 0 Å². The molecule has 2 aromatic rings. The Balaban J connectivity index is 0.00000320. The van der Waals surface area contributed by atoms with Crippen molar-refractivity contribution in [3.05, 3.63) is 59.8 Å². The quantitative estimate of drug-likeness (QED) is 0.329. The van der Waals surface area contributed by atoms with Crippen LogP contribution in [0.2, 0.25) is 0 Å². The first-order chi connectivity index (χ1) is 14.0. The van der Waals surface area contributed by atoms with Crippen molar-refractivity contribution in [2.75, 3.05) is 13.6 Å². The number of nitrogens with zero attached hydrogens (tertiary/aromatic N) is 3. The number of aliphatic imine (C=N–C) groups is 1. The van der Waals surface area contributed by atoms with Gasteiger partial charge in [-0.2, -0.15) is 0 Å². The Morgan fingerprint density at radius 1 is 1.20 bits per heavy atom. The van der Waals surface area contributed by atoms with Crippen LogP contribution in [0.4, 0.5) is 0 Å². The van der Waals surface area contributed by atoms with E-state index in [4.69, 9.17) is 4.74 Å². The third-order valence-corrected chi connectivity index (χ3v) is 5.11. The van der Waals surface area contributed by atoms with E-state index in [0.717, 1.165) is 31.0 Å². The SMILES string of the molecule is CN=C(NCc1ccc(OC(C)C)nc1)NC1CC(C)N(Cc2ccccc2)C1.I.